The quantitative estimate of drug-likeness (QED) is 0.315. The van der Waals surface area contributed by atoms with Crippen LogP contribution in [0.5, 0.6) is 0 Å². The molecule has 1 aliphatic heterocycles. The van der Waals surface area contributed by atoms with Crippen LogP contribution in [0.25, 0.3) is 0 Å². The van der Waals surface area contributed by atoms with Gasteiger partial charge in [0.15, 0.2) is 5.96 Å². The minimum absolute atomic E-state index is 0. The maximum atomic E-state index is 6.00. The molecule has 1 aliphatic rings. The second-order valence-electron chi connectivity index (χ2n) is 4.60. The average Bonchev–Trinajstić information content (AvgIpc) is 2.66. The molecule has 0 bridgehead atoms. The van der Waals surface area contributed by atoms with Crippen LogP contribution in [0.4, 0.5) is 0 Å². The Hall–Kier alpha value is -0.0800. The Balaban J connectivity index is 0.00000324. The normalized spacial score (nSPS) is 16.9. The van der Waals surface area contributed by atoms with Crippen molar-refractivity contribution in [1.29, 1.82) is 0 Å². The molecule has 0 aromatic heterocycles. The molecular weight excluding hydrogens is 357 g/mol. The van der Waals surface area contributed by atoms with Crippen LogP contribution < -0.4 is 5.73 Å². The molecule has 0 aromatic carbocycles. The SMILES string of the molecule is COCCOCCCN=C(N)N1CCCCCC1.I. The number of likely N-dealkylation sites (tertiary alicyclic amines) is 1. The highest BCUT2D eigenvalue weighted by Gasteiger charge is 2.10. The summed E-state index contributed by atoms with van der Waals surface area (Å²) in [7, 11) is 1.68. The van der Waals surface area contributed by atoms with Gasteiger partial charge >= 0.3 is 0 Å². The fourth-order valence-corrected chi connectivity index (χ4v) is 2.00. The Morgan fingerprint density at radius 2 is 1.79 bits per heavy atom. The minimum Gasteiger partial charge on any atom is -0.382 e. The van der Waals surface area contributed by atoms with Gasteiger partial charge in [0.25, 0.3) is 0 Å². The average molecular weight is 385 g/mol. The largest absolute Gasteiger partial charge is 0.382 e. The van der Waals surface area contributed by atoms with Gasteiger partial charge in [-0.15, -0.1) is 24.0 Å². The number of halogens is 1. The fraction of sp³-hybridized carbons (Fsp3) is 0.923. The molecule has 114 valence electrons. The van der Waals surface area contributed by atoms with Crippen molar-refractivity contribution in [3.05, 3.63) is 0 Å². The van der Waals surface area contributed by atoms with Crippen molar-refractivity contribution in [2.75, 3.05) is 46.6 Å². The van der Waals surface area contributed by atoms with E-state index in [4.69, 9.17) is 15.2 Å². The Morgan fingerprint density at radius 3 is 2.42 bits per heavy atom. The predicted octanol–water partition coefficient (Wildman–Crippen LogP) is 1.85. The first-order chi connectivity index (χ1) is 8.84. The van der Waals surface area contributed by atoms with Crippen LogP contribution in [0, 0.1) is 0 Å². The third kappa shape index (κ3) is 9.45. The lowest BCUT2D eigenvalue weighted by atomic mass is 10.2. The molecular formula is C13H28IN3O2. The van der Waals surface area contributed by atoms with Crippen LogP contribution in [0.2, 0.25) is 0 Å². The van der Waals surface area contributed by atoms with Crippen molar-refractivity contribution in [1.82, 2.24) is 4.90 Å². The summed E-state index contributed by atoms with van der Waals surface area (Å²) >= 11 is 0. The van der Waals surface area contributed by atoms with Crippen molar-refractivity contribution in [3.63, 3.8) is 0 Å². The summed E-state index contributed by atoms with van der Waals surface area (Å²) < 4.78 is 10.3. The van der Waals surface area contributed by atoms with E-state index in [1.54, 1.807) is 7.11 Å². The Bertz CT molecular complexity index is 232. The van der Waals surface area contributed by atoms with Gasteiger partial charge < -0.3 is 20.1 Å². The smallest absolute Gasteiger partial charge is 0.191 e. The predicted molar refractivity (Wildman–Crippen MR) is 89.3 cm³/mol. The van der Waals surface area contributed by atoms with Crippen LogP contribution in [-0.4, -0.2) is 57.4 Å². The highest BCUT2D eigenvalue weighted by atomic mass is 127. The second kappa shape index (κ2) is 12.9. The van der Waals surface area contributed by atoms with E-state index in [9.17, 15) is 0 Å². The van der Waals surface area contributed by atoms with Gasteiger partial charge in [0, 0.05) is 33.4 Å². The van der Waals surface area contributed by atoms with Crippen molar-refractivity contribution < 1.29 is 9.47 Å². The lowest BCUT2D eigenvalue weighted by Gasteiger charge is -2.21. The number of rotatable bonds is 7. The van der Waals surface area contributed by atoms with Crippen molar-refractivity contribution >= 4 is 29.9 Å². The summed E-state index contributed by atoms with van der Waals surface area (Å²) in [5, 5.41) is 0. The van der Waals surface area contributed by atoms with E-state index in [1.165, 1.54) is 25.7 Å². The molecule has 0 aromatic rings. The highest BCUT2D eigenvalue weighted by molar-refractivity contribution is 14.0. The lowest BCUT2D eigenvalue weighted by Crippen LogP contribution is -2.38. The summed E-state index contributed by atoms with van der Waals surface area (Å²) in [6.07, 6.45) is 6.01. The number of nitrogens with two attached hydrogens (primary N) is 1. The topological polar surface area (TPSA) is 60.1 Å². The van der Waals surface area contributed by atoms with E-state index in [1.807, 2.05) is 0 Å². The standard InChI is InChI=1S/C13H27N3O2.HI/c1-17-11-12-18-10-6-7-15-13(14)16-8-4-2-3-5-9-16;/h2-12H2,1H3,(H2,14,15);1H. The van der Waals surface area contributed by atoms with Gasteiger partial charge in [0.1, 0.15) is 0 Å². The molecule has 19 heavy (non-hydrogen) atoms. The van der Waals surface area contributed by atoms with Crippen molar-refractivity contribution in [3.8, 4) is 0 Å². The molecule has 0 aliphatic carbocycles. The van der Waals surface area contributed by atoms with E-state index >= 15 is 0 Å². The lowest BCUT2D eigenvalue weighted by molar-refractivity contribution is 0.0702. The maximum Gasteiger partial charge on any atom is 0.191 e. The minimum atomic E-state index is 0. The molecule has 5 nitrogen and oxygen atoms in total. The first-order valence-corrected chi connectivity index (χ1v) is 6.96. The first-order valence-electron chi connectivity index (χ1n) is 6.96. The summed E-state index contributed by atoms with van der Waals surface area (Å²) in [4.78, 5) is 6.62. The molecule has 2 N–H and O–H groups in total. The van der Waals surface area contributed by atoms with E-state index in [-0.39, 0.29) is 24.0 Å². The molecule has 0 unspecified atom stereocenters. The van der Waals surface area contributed by atoms with E-state index in [0.717, 1.165) is 32.7 Å². The van der Waals surface area contributed by atoms with E-state index in [0.29, 0.717) is 19.2 Å². The molecule has 1 fully saturated rings. The van der Waals surface area contributed by atoms with Gasteiger partial charge in [-0.25, -0.2) is 0 Å². The van der Waals surface area contributed by atoms with Crippen LogP contribution >= 0.6 is 24.0 Å². The molecule has 0 saturated carbocycles. The molecule has 1 rings (SSSR count). The number of hydrogen-bond donors (Lipinski definition) is 1. The third-order valence-electron chi connectivity index (χ3n) is 3.08. The van der Waals surface area contributed by atoms with Crippen LogP contribution in [0.1, 0.15) is 32.1 Å². The van der Waals surface area contributed by atoms with E-state index in [2.05, 4.69) is 9.89 Å². The van der Waals surface area contributed by atoms with Gasteiger partial charge in [-0.2, -0.15) is 0 Å². The molecule has 0 amide bonds. The number of methoxy groups -OCH3 is 1. The second-order valence-corrected chi connectivity index (χ2v) is 4.60. The monoisotopic (exact) mass is 385 g/mol. The number of ether oxygens (including phenoxy) is 2. The Kier molecular flexibility index (Phi) is 12.9. The highest BCUT2D eigenvalue weighted by Crippen LogP contribution is 2.08. The maximum absolute atomic E-state index is 6.00. The Labute approximate surface area is 133 Å². The van der Waals surface area contributed by atoms with Crippen LogP contribution in [0.3, 0.4) is 0 Å². The molecule has 0 spiro atoms. The van der Waals surface area contributed by atoms with Crippen molar-refractivity contribution in [2.24, 2.45) is 10.7 Å². The van der Waals surface area contributed by atoms with Gasteiger partial charge in [-0.3, -0.25) is 4.99 Å². The molecule has 1 saturated heterocycles. The summed E-state index contributed by atoms with van der Waals surface area (Å²) in [5.41, 5.74) is 6.00. The molecule has 6 heteroatoms. The molecule has 1 heterocycles. The summed E-state index contributed by atoms with van der Waals surface area (Å²) in [6, 6.07) is 0. The third-order valence-corrected chi connectivity index (χ3v) is 3.08. The Morgan fingerprint density at radius 1 is 1.11 bits per heavy atom. The first kappa shape index (κ1) is 18.9. The van der Waals surface area contributed by atoms with Crippen LogP contribution in [-0.2, 0) is 9.47 Å². The number of aliphatic imine (C=N–C) groups is 1. The zero-order valence-corrected chi connectivity index (χ0v) is 14.3. The number of nitrogens with zero attached hydrogens (tertiary/aromatic N) is 2. The fourth-order valence-electron chi connectivity index (χ4n) is 2.00. The zero-order valence-electron chi connectivity index (χ0n) is 12.0. The van der Waals surface area contributed by atoms with Crippen LogP contribution in [0.15, 0.2) is 4.99 Å². The molecule has 0 radical (unpaired) electrons. The van der Waals surface area contributed by atoms with E-state index < -0.39 is 0 Å². The molecule has 0 atom stereocenters. The number of hydrogen-bond acceptors (Lipinski definition) is 3. The van der Waals surface area contributed by atoms with Crippen molar-refractivity contribution in [2.45, 2.75) is 32.1 Å². The van der Waals surface area contributed by atoms with Gasteiger partial charge in [0.2, 0.25) is 0 Å². The van der Waals surface area contributed by atoms with Gasteiger partial charge in [0.05, 0.1) is 13.2 Å². The summed E-state index contributed by atoms with van der Waals surface area (Å²) in [5.74, 6) is 0.703. The zero-order chi connectivity index (χ0) is 13.1. The number of guanidine groups is 1. The van der Waals surface area contributed by atoms with Gasteiger partial charge in [-0.1, -0.05) is 12.8 Å². The summed E-state index contributed by atoms with van der Waals surface area (Å²) in [6.45, 7) is 4.88. The van der Waals surface area contributed by atoms with Gasteiger partial charge in [-0.05, 0) is 19.3 Å².